The first-order valence-electron chi connectivity index (χ1n) is 25.4. The van der Waals surface area contributed by atoms with E-state index in [0.29, 0.717) is 122 Å². The molecule has 0 N–H and O–H groups in total. The first kappa shape index (κ1) is 48.0. The van der Waals surface area contributed by atoms with Crippen LogP contribution in [0.25, 0.3) is 154 Å². The second-order valence-electron chi connectivity index (χ2n) is 20.4. The van der Waals surface area contributed by atoms with E-state index in [2.05, 4.69) is 0 Å². The van der Waals surface area contributed by atoms with Crippen LogP contribution in [0.5, 0.6) is 0 Å². The molecule has 0 saturated carbocycles. The zero-order valence-corrected chi connectivity index (χ0v) is 41.0. The van der Waals surface area contributed by atoms with Crippen molar-refractivity contribution in [3.05, 3.63) is 216 Å². The van der Waals surface area contributed by atoms with Crippen molar-refractivity contribution in [1.82, 2.24) is 0 Å². The van der Waals surface area contributed by atoms with Crippen LogP contribution in [0.3, 0.4) is 0 Å². The van der Waals surface area contributed by atoms with Crippen molar-refractivity contribution in [2.45, 2.75) is 24.7 Å². The summed E-state index contributed by atoms with van der Waals surface area (Å²) in [5.41, 5.74) is -1.60. The molecular formula is C68H32F12. The summed E-state index contributed by atoms with van der Waals surface area (Å²) in [6.45, 7) is 0. The Morgan fingerprint density at radius 1 is 0.188 bits per heavy atom. The van der Waals surface area contributed by atoms with E-state index in [1.807, 2.05) is 97.1 Å². The van der Waals surface area contributed by atoms with Crippen LogP contribution < -0.4 is 0 Å². The third-order valence-corrected chi connectivity index (χ3v) is 16.4. The Labute approximate surface area is 445 Å². The summed E-state index contributed by atoms with van der Waals surface area (Å²) in [6.07, 6.45) is -21.6. The molecule has 0 aromatic heterocycles. The van der Waals surface area contributed by atoms with Crippen molar-refractivity contribution >= 4 is 64.6 Å². The average Bonchev–Trinajstić information content (AvgIpc) is 2.92. The van der Waals surface area contributed by atoms with Gasteiger partial charge in [0.2, 0.25) is 0 Å². The molecular weight excluding hydrogens is 1040 g/mol. The van der Waals surface area contributed by atoms with Crippen molar-refractivity contribution in [2.24, 2.45) is 0 Å². The van der Waals surface area contributed by atoms with Gasteiger partial charge in [-0.25, -0.2) is 0 Å². The zero-order chi connectivity index (χ0) is 55.1. The van der Waals surface area contributed by atoms with Gasteiger partial charge in [0.15, 0.2) is 0 Å². The molecule has 0 amide bonds. The Kier molecular flexibility index (Phi) is 9.73. The van der Waals surface area contributed by atoms with Crippen LogP contribution in [0, 0.1) is 0 Å². The van der Waals surface area contributed by atoms with Crippen LogP contribution in [-0.4, -0.2) is 0 Å². The lowest BCUT2D eigenvalue weighted by Gasteiger charge is -2.24. The normalized spacial score (nSPS) is 13.2. The SMILES string of the molecule is FC(F)(F)c1cccc(-c2c3c(c(-c4ccccc4)c4ccccc24)-c2ccc4c5ccc6c7c(ccc(c8ccc-3c2c48)c75)-c2c-6c(-c3ccccc3)c3ccccc3c2-c2cccc(C(F)(F)F)c2C(F)(F)F)c1C(F)(F)F. The minimum atomic E-state index is -5.43. The molecule has 0 aliphatic heterocycles. The third kappa shape index (κ3) is 6.50. The molecule has 2 aliphatic rings. The number of alkyl halides is 12. The molecule has 0 atom stereocenters. The van der Waals surface area contributed by atoms with E-state index < -0.39 is 58.1 Å². The Morgan fingerprint density at radius 2 is 0.475 bits per heavy atom. The maximum absolute atomic E-state index is 15.5. The predicted molar refractivity (Wildman–Crippen MR) is 293 cm³/mol. The Hall–Kier alpha value is -9.16. The highest BCUT2D eigenvalue weighted by Crippen LogP contribution is 2.64. The summed E-state index contributed by atoms with van der Waals surface area (Å²) in [5.74, 6) is 0. The van der Waals surface area contributed by atoms with Crippen molar-refractivity contribution in [3.63, 3.8) is 0 Å². The molecule has 0 spiro atoms. The summed E-state index contributed by atoms with van der Waals surface area (Å²) in [6, 6.07) is 52.3. The van der Waals surface area contributed by atoms with Gasteiger partial charge in [0.25, 0.3) is 0 Å². The molecule has 0 saturated heterocycles. The van der Waals surface area contributed by atoms with Gasteiger partial charge < -0.3 is 0 Å². The van der Waals surface area contributed by atoms with Crippen LogP contribution >= 0.6 is 0 Å². The highest BCUT2D eigenvalue weighted by Gasteiger charge is 2.48. The monoisotopic (exact) mass is 1080 g/mol. The number of rotatable bonds is 4. The Morgan fingerprint density at radius 3 is 0.775 bits per heavy atom. The van der Waals surface area contributed by atoms with Gasteiger partial charge in [-0.1, -0.05) is 182 Å². The number of benzene rings is 13. The molecule has 0 radical (unpaired) electrons. The Bertz CT molecular complexity index is 4520. The molecule has 2 aliphatic carbocycles. The van der Waals surface area contributed by atoms with E-state index in [0.717, 1.165) is 46.2 Å². The highest BCUT2D eigenvalue weighted by molar-refractivity contribution is 6.42. The summed E-state index contributed by atoms with van der Waals surface area (Å²) < 4.78 is 182. The minimum absolute atomic E-state index is 0.00938. The van der Waals surface area contributed by atoms with Gasteiger partial charge in [-0.15, -0.1) is 0 Å². The largest absolute Gasteiger partial charge is 0.417 e. The number of hydrogen-bond acceptors (Lipinski definition) is 0. The van der Waals surface area contributed by atoms with Crippen LogP contribution in [0.1, 0.15) is 22.3 Å². The van der Waals surface area contributed by atoms with Gasteiger partial charge in [-0.2, -0.15) is 52.7 Å². The fraction of sp³-hybridized carbons (Fsp3) is 0.0588. The number of hydrogen-bond donors (Lipinski definition) is 0. The molecule has 80 heavy (non-hydrogen) atoms. The molecule has 15 rings (SSSR count). The fourth-order valence-corrected chi connectivity index (χ4v) is 13.6. The van der Waals surface area contributed by atoms with Gasteiger partial charge >= 0.3 is 24.7 Å². The van der Waals surface area contributed by atoms with Crippen LogP contribution in [0.2, 0.25) is 0 Å². The lowest BCUT2D eigenvalue weighted by Crippen LogP contribution is -2.18. The lowest BCUT2D eigenvalue weighted by molar-refractivity contribution is -0.161. The summed E-state index contributed by atoms with van der Waals surface area (Å²) >= 11 is 0. The van der Waals surface area contributed by atoms with E-state index >= 15 is 26.3 Å². The number of fused-ring (bicyclic) bond motifs is 10. The standard InChI is InChI=1S/C68H32F12/c69-65(70,71)49-23-11-21-47(63(49)67(75,76)77)55-37-19-9-7-17-35(37)51(33-13-3-1-4-14-33)59-43-29-25-39-40-26-30-44-58-46(32-28-42(54(40)58)41-27-31-45(61(55)59)57(43)53(39)41)62-56(48-22-12-24-50(66(72,73)74)64(48)68(78,79)80)38-20-10-8-18-36(38)52(60(44)62)34-15-5-2-6-16-34/h1-32H. The zero-order valence-electron chi connectivity index (χ0n) is 41.0. The highest BCUT2D eigenvalue weighted by atomic mass is 19.4. The van der Waals surface area contributed by atoms with E-state index in [9.17, 15) is 26.3 Å². The smallest absolute Gasteiger partial charge is 0.166 e. The molecule has 0 unspecified atom stereocenters. The molecule has 13 aromatic rings. The molecule has 0 fully saturated rings. The molecule has 12 heteroatoms. The van der Waals surface area contributed by atoms with E-state index in [-0.39, 0.29) is 11.1 Å². The molecule has 0 heterocycles. The van der Waals surface area contributed by atoms with Gasteiger partial charge in [0.1, 0.15) is 0 Å². The maximum Gasteiger partial charge on any atom is 0.417 e. The summed E-state index contributed by atoms with van der Waals surface area (Å²) in [5, 5.41) is 7.33. The molecule has 0 nitrogen and oxygen atoms in total. The van der Waals surface area contributed by atoms with Crippen LogP contribution in [0.4, 0.5) is 52.7 Å². The molecule has 388 valence electrons. The van der Waals surface area contributed by atoms with Crippen LogP contribution in [-0.2, 0) is 24.7 Å². The summed E-state index contributed by atoms with van der Waals surface area (Å²) in [4.78, 5) is 0. The fourth-order valence-electron chi connectivity index (χ4n) is 13.6. The van der Waals surface area contributed by atoms with Crippen molar-refractivity contribution in [1.29, 1.82) is 0 Å². The number of halogens is 12. The second kappa shape index (κ2) is 16.2. The second-order valence-corrected chi connectivity index (χ2v) is 20.4. The van der Waals surface area contributed by atoms with Crippen molar-refractivity contribution in [2.75, 3.05) is 0 Å². The van der Waals surface area contributed by atoms with Gasteiger partial charge in [-0.05, 0) is 166 Å². The van der Waals surface area contributed by atoms with Crippen LogP contribution in [0.15, 0.2) is 194 Å². The first-order valence-corrected chi connectivity index (χ1v) is 25.4. The minimum Gasteiger partial charge on any atom is -0.166 e. The van der Waals surface area contributed by atoms with E-state index in [1.54, 1.807) is 60.7 Å². The Balaban J connectivity index is 1.08. The first-order chi connectivity index (χ1) is 38.3. The molecule has 0 bridgehead atoms. The van der Waals surface area contributed by atoms with Gasteiger partial charge in [0.05, 0.1) is 22.3 Å². The third-order valence-electron chi connectivity index (χ3n) is 16.4. The maximum atomic E-state index is 15.5. The predicted octanol–water partition coefficient (Wildman–Crippen LogP) is 22.1. The van der Waals surface area contributed by atoms with Gasteiger partial charge in [0, 0.05) is 0 Å². The van der Waals surface area contributed by atoms with E-state index in [1.165, 1.54) is 0 Å². The van der Waals surface area contributed by atoms with Crippen molar-refractivity contribution in [3.8, 4) is 89.0 Å². The van der Waals surface area contributed by atoms with Gasteiger partial charge in [-0.3, -0.25) is 0 Å². The summed E-state index contributed by atoms with van der Waals surface area (Å²) in [7, 11) is 0. The van der Waals surface area contributed by atoms with Crippen molar-refractivity contribution < 1.29 is 52.7 Å². The topological polar surface area (TPSA) is 0 Å². The quantitative estimate of drug-likeness (QED) is 0.0936. The van der Waals surface area contributed by atoms with E-state index in [4.69, 9.17) is 0 Å². The average molecular weight is 1080 g/mol. The molecule has 13 aromatic carbocycles. The lowest BCUT2D eigenvalue weighted by atomic mass is 9.81.